The van der Waals surface area contributed by atoms with Gasteiger partial charge in [-0.05, 0) is 28.1 Å². The summed E-state index contributed by atoms with van der Waals surface area (Å²) < 4.78 is 39.0. The lowest BCUT2D eigenvalue weighted by molar-refractivity contribution is -0.137. The highest BCUT2D eigenvalue weighted by molar-refractivity contribution is 5.29. The second kappa shape index (κ2) is 5.45. The summed E-state index contributed by atoms with van der Waals surface area (Å²) >= 11 is 0. The van der Waals surface area contributed by atoms with E-state index in [2.05, 4.69) is 20.8 Å². The van der Waals surface area contributed by atoms with Crippen LogP contribution < -0.4 is 5.32 Å². The van der Waals surface area contributed by atoms with Crippen LogP contribution in [0.25, 0.3) is 0 Å². The van der Waals surface area contributed by atoms with Crippen molar-refractivity contribution >= 4 is 5.95 Å². The summed E-state index contributed by atoms with van der Waals surface area (Å²) in [6, 6.07) is 4.55. The van der Waals surface area contributed by atoms with Crippen LogP contribution in [0.4, 0.5) is 19.1 Å². The van der Waals surface area contributed by atoms with Gasteiger partial charge in [0, 0.05) is 13.6 Å². The molecule has 0 aliphatic carbocycles. The van der Waals surface area contributed by atoms with Gasteiger partial charge in [0.05, 0.1) is 11.7 Å². The Morgan fingerprint density at radius 2 is 2.15 bits per heavy atom. The molecular formula is C11H12F3N5O. The molecule has 108 valence electrons. The van der Waals surface area contributed by atoms with Crippen molar-refractivity contribution in [3.63, 3.8) is 0 Å². The molecule has 2 aromatic rings. The SMILES string of the molecule is Cn1nnnc1NCC(O)c1cccc(C(F)(F)F)c1. The van der Waals surface area contributed by atoms with Crippen LogP contribution in [0, 0.1) is 0 Å². The van der Waals surface area contributed by atoms with Crippen LogP contribution in [-0.4, -0.2) is 31.9 Å². The summed E-state index contributed by atoms with van der Waals surface area (Å²) in [6.07, 6.45) is -5.54. The van der Waals surface area contributed by atoms with E-state index in [0.29, 0.717) is 5.95 Å². The molecule has 6 nitrogen and oxygen atoms in total. The summed E-state index contributed by atoms with van der Waals surface area (Å²) in [6.45, 7) is -0.00444. The van der Waals surface area contributed by atoms with Crippen molar-refractivity contribution in [1.82, 2.24) is 20.2 Å². The number of hydrogen-bond acceptors (Lipinski definition) is 5. The lowest BCUT2D eigenvalue weighted by Crippen LogP contribution is -2.15. The number of halogens is 3. The molecule has 1 heterocycles. The lowest BCUT2D eigenvalue weighted by Gasteiger charge is -2.14. The smallest absolute Gasteiger partial charge is 0.387 e. The summed E-state index contributed by atoms with van der Waals surface area (Å²) in [5, 5.41) is 23.2. The highest BCUT2D eigenvalue weighted by Gasteiger charge is 2.30. The van der Waals surface area contributed by atoms with Crippen molar-refractivity contribution in [3.05, 3.63) is 35.4 Å². The average molecular weight is 287 g/mol. The number of alkyl halides is 3. The first kappa shape index (κ1) is 14.3. The Hall–Kier alpha value is -2.16. The number of aryl methyl sites for hydroxylation is 1. The fourth-order valence-electron chi connectivity index (χ4n) is 1.61. The second-order valence-corrected chi connectivity index (χ2v) is 4.15. The van der Waals surface area contributed by atoms with Crippen molar-refractivity contribution in [1.29, 1.82) is 0 Å². The zero-order chi connectivity index (χ0) is 14.8. The minimum atomic E-state index is -4.43. The molecular weight excluding hydrogens is 275 g/mol. The van der Waals surface area contributed by atoms with Gasteiger partial charge < -0.3 is 10.4 Å². The summed E-state index contributed by atoms with van der Waals surface area (Å²) in [4.78, 5) is 0. The Labute approximate surface area is 112 Å². The van der Waals surface area contributed by atoms with Crippen LogP contribution in [0.3, 0.4) is 0 Å². The number of aromatic nitrogens is 4. The van der Waals surface area contributed by atoms with Gasteiger partial charge in [-0.15, -0.1) is 0 Å². The van der Waals surface area contributed by atoms with Gasteiger partial charge in [-0.1, -0.05) is 17.2 Å². The molecule has 0 bridgehead atoms. The highest BCUT2D eigenvalue weighted by Crippen LogP contribution is 2.30. The van der Waals surface area contributed by atoms with Crippen LogP contribution in [0.2, 0.25) is 0 Å². The third kappa shape index (κ3) is 3.23. The molecule has 1 unspecified atom stereocenters. The van der Waals surface area contributed by atoms with E-state index in [1.807, 2.05) is 0 Å². The molecule has 0 radical (unpaired) electrons. The summed E-state index contributed by atoms with van der Waals surface area (Å²) in [7, 11) is 1.60. The lowest BCUT2D eigenvalue weighted by atomic mass is 10.1. The number of aliphatic hydroxyl groups is 1. The van der Waals surface area contributed by atoms with E-state index in [1.165, 1.54) is 16.8 Å². The van der Waals surface area contributed by atoms with Gasteiger partial charge >= 0.3 is 6.18 Å². The quantitative estimate of drug-likeness (QED) is 0.888. The molecule has 1 aromatic carbocycles. The molecule has 1 aromatic heterocycles. The minimum Gasteiger partial charge on any atom is -0.387 e. The van der Waals surface area contributed by atoms with Gasteiger partial charge in [-0.2, -0.15) is 13.2 Å². The molecule has 0 amide bonds. The first-order valence-corrected chi connectivity index (χ1v) is 5.69. The normalized spacial score (nSPS) is 13.2. The Bertz CT molecular complexity index is 583. The molecule has 2 N–H and O–H groups in total. The average Bonchev–Trinajstić information content (AvgIpc) is 2.81. The number of nitrogens with one attached hydrogen (secondary N) is 1. The minimum absolute atomic E-state index is 0.00444. The molecule has 0 fully saturated rings. The van der Waals surface area contributed by atoms with Crippen LogP contribution in [0.1, 0.15) is 17.2 Å². The van der Waals surface area contributed by atoms with E-state index >= 15 is 0 Å². The fraction of sp³-hybridized carbons (Fsp3) is 0.364. The van der Waals surface area contributed by atoms with Gasteiger partial charge in [-0.25, -0.2) is 4.68 Å². The van der Waals surface area contributed by atoms with Crippen LogP contribution in [0.5, 0.6) is 0 Å². The number of nitrogens with zero attached hydrogens (tertiary/aromatic N) is 4. The molecule has 0 saturated carbocycles. The van der Waals surface area contributed by atoms with Crippen molar-refractivity contribution in [2.45, 2.75) is 12.3 Å². The Balaban J connectivity index is 2.06. The monoisotopic (exact) mass is 287 g/mol. The van der Waals surface area contributed by atoms with E-state index in [0.717, 1.165) is 12.1 Å². The Morgan fingerprint density at radius 1 is 1.40 bits per heavy atom. The van der Waals surface area contributed by atoms with Gasteiger partial charge in [0.1, 0.15) is 0 Å². The van der Waals surface area contributed by atoms with Gasteiger partial charge in [0.25, 0.3) is 0 Å². The maximum atomic E-state index is 12.6. The van der Waals surface area contributed by atoms with Crippen LogP contribution in [-0.2, 0) is 13.2 Å². The molecule has 1 atom stereocenters. The van der Waals surface area contributed by atoms with Crippen molar-refractivity contribution in [2.75, 3.05) is 11.9 Å². The molecule has 0 saturated heterocycles. The third-order valence-electron chi connectivity index (χ3n) is 2.67. The van der Waals surface area contributed by atoms with E-state index in [-0.39, 0.29) is 12.1 Å². The van der Waals surface area contributed by atoms with E-state index in [4.69, 9.17) is 0 Å². The zero-order valence-corrected chi connectivity index (χ0v) is 10.5. The first-order valence-electron chi connectivity index (χ1n) is 5.69. The molecule has 20 heavy (non-hydrogen) atoms. The molecule has 9 heteroatoms. The number of hydrogen-bond donors (Lipinski definition) is 2. The zero-order valence-electron chi connectivity index (χ0n) is 10.5. The number of benzene rings is 1. The molecule has 0 aliphatic rings. The number of anilines is 1. The van der Waals surface area contributed by atoms with Crippen LogP contribution in [0.15, 0.2) is 24.3 Å². The molecule has 0 aliphatic heterocycles. The van der Waals surface area contributed by atoms with Gasteiger partial charge in [0.15, 0.2) is 0 Å². The molecule has 2 rings (SSSR count). The van der Waals surface area contributed by atoms with E-state index in [9.17, 15) is 18.3 Å². The second-order valence-electron chi connectivity index (χ2n) is 4.15. The number of rotatable bonds is 4. The van der Waals surface area contributed by atoms with E-state index in [1.54, 1.807) is 7.05 Å². The molecule has 0 spiro atoms. The predicted octanol–water partition coefficient (Wildman–Crippen LogP) is 1.37. The largest absolute Gasteiger partial charge is 0.416 e. The van der Waals surface area contributed by atoms with E-state index < -0.39 is 17.8 Å². The van der Waals surface area contributed by atoms with Gasteiger partial charge in [-0.3, -0.25) is 0 Å². The van der Waals surface area contributed by atoms with Crippen LogP contribution >= 0.6 is 0 Å². The Kier molecular flexibility index (Phi) is 3.89. The van der Waals surface area contributed by atoms with Crippen molar-refractivity contribution in [3.8, 4) is 0 Å². The maximum absolute atomic E-state index is 12.6. The number of aliphatic hydroxyl groups excluding tert-OH is 1. The van der Waals surface area contributed by atoms with Crippen molar-refractivity contribution in [2.24, 2.45) is 7.05 Å². The fourth-order valence-corrected chi connectivity index (χ4v) is 1.61. The number of tetrazole rings is 1. The topological polar surface area (TPSA) is 75.9 Å². The Morgan fingerprint density at radius 3 is 2.75 bits per heavy atom. The first-order chi connectivity index (χ1) is 9.38. The summed E-state index contributed by atoms with van der Waals surface area (Å²) in [5.41, 5.74) is -0.628. The van der Waals surface area contributed by atoms with Gasteiger partial charge in [0.2, 0.25) is 5.95 Å². The highest BCUT2D eigenvalue weighted by atomic mass is 19.4. The predicted molar refractivity (Wildman–Crippen MR) is 63.7 cm³/mol. The maximum Gasteiger partial charge on any atom is 0.416 e. The van der Waals surface area contributed by atoms with Crippen molar-refractivity contribution < 1.29 is 18.3 Å². The standard InChI is InChI=1S/C11H12F3N5O/c1-19-10(16-17-18-19)15-6-9(20)7-3-2-4-8(5-7)11(12,13)14/h2-5,9,20H,6H2,1H3,(H,15,16,18). The summed E-state index contributed by atoms with van der Waals surface area (Å²) in [5.74, 6) is 0.316. The third-order valence-corrected chi connectivity index (χ3v) is 2.67.